The highest BCUT2D eigenvalue weighted by atomic mass is 16.5. The number of hydrogen-bond donors (Lipinski definition) is 0. The summed E-state index contributed by atoms with van der Waals surface area (Å²) in [6.45, 7) is 2.40. The Labute approximate surface area is 166 Å². The molecule has 6 nitrogen and oxygen atoms in total. The molecule has 3 rings (SSSR count). The molecule has 0 radical (unpaired) electrons. The lowest BCUT2D eigenvalue weighted by Crippen LogP contribution is -2.36. The van der Waals surface area contributed by atoms with E-state index in [-0.39, 0.29) is 18.6 Å². The van der Waals surface area contributed by atoms with Crippen LogP contribution >= 0.6 is 0 Å². The van der Waals surface area contributed by atoms with Gasteiger partial charge < -0.3 is 23.8 Å². The van der Waals surface area contributed by atoms with Crippen molar-refractivity contribution in [3.63, 3.8) is 0 Å². The zero-order chi connectivity index (χ0) is 20.1. The maximum Gasteiger partial charge on any atom is 0.261 e. The van der Waals surface area contributed by atoms with Gasteiger partial charge in [-0.3, -0.25) is 4.79 Å². The molecule has 150 valence electrons. The molecule has 1 fully saturated rings. The Kier molecular flexibility index (Phi) is 6.29. The Morgan fingerprint density at radius 3 is 2.32 bits per heavy atom. The van der Waals surface area contributed by atoms with Crippen LogP contribution in [0.15, 0.2) is 36.4 Å². The third-order valence-electron chi connectivity index (χ3n) is 4.81. The normalized spacial score (nSPS) is 13.0. The van der Waals surface area contributed by atoms with Crippen LogP contribution in [-0.2, 0) is 11.3 Å². The number of methoxy groups -OCH3 is 3. The van der Waals surface area contributed by atoms with Crippen LogP contribution in [-0.4, -0.2) is 44.8 Å². The average molecular weight is 385 g/mol. The van der Waals surface area contributed by atoms with Gasteiger partial charge in [0.25, 0.3) is 5.91 Å². The first-order valence-corrected chi connectivity index (χ1v) is 9.33. The van der Waals surface area contributed by atoms with Gasteiger partial charge in [-0.05, 0) is 55.7 Å². The van der Waals surface area contributed by atoms with Crippen molar-refractivity contribution in [3.8, 4) is 23.0 Å². The first-order valence-electron chi connectivity index (χ1n) is 9.33. The van der Waals surface area contributed by atoms with Crippen LogP contribution in [0.25, 0.3) is 0 Å². The minimum absolute atomic E-state index is 0.0395. The number of hydrogen-bond acceptors (Lipinski definition) is 5. The van der Waals surface area contributed by atoms with Gasteiger partial charge in [0, 0.05) is 18.2 Å². The van der Waals surface area contributed by atoms with E-state index in [0.29, 0.717) is 18.0 Å². The number of carbonyl (C=O) groups is 1. The van der Waals surface area contributed by atoms with Gasteiger partial charge in [0.15, 0.2) is 18.1 Å². The summed E-state index contributed by atoms with van der Waals surface area (Å²) >= 11 is 0. The zero-order valence-corrected chi connectivity index (χ0v) is 16.9. The third-order valence-corrected chi connectivity index (χ3v) is 4.81. The molecular formula is C22H27NO5. The van der Waals surface area contributed by atoms with E-state index in [1.54, 1.807) is 21.3 Å². The molecule has 28 heavy (non-hydrogen) atoms. The number of nitrogens with zero attached hydrogens (tertiary/aromatic N) is 1. The number of aryl methyl sites for hydroxylation is 1. The second kappa shape index (κ2) is 8.87. The zero-order valence-electron chi connectivity index (χ0n) is 16.9. The summed E-state index contributed by atoms with van der Waals surface area (Å²) in [6.07, 6.45) is 2.01. The smallest absolute Gasteiger partial charge is 0.261 e. The van der Waals surface area contributed by atoms with Gasteiger partial charge in [-0.1, -0.05) is 6.07 Å². The molecule has 0 atom stereocenters. The summed E-state index contributed by atoms with van der Waals surface area (Å²) in [4.78, 5) is 14.8. The molecule has 0 aromatic heterocycles. The van der Waals surface area contributed by atoms with E-state index >= 15 is 0 Å². The van der Waals surface area contributed by atoms with Crippen molar-refractivity contribution >= 4 is 5.91 Å². The first-order chi connectivity index (χ1) is 13.5. The highest BCUT2D eigenvalue weighted by Gasteiger charge is 2.33. The lowest BCUT2D eigenvalue weighted by atomic mass is 10.1. The Morgan fingerprint density at radius 1 is 0.964 bits per heavy atom. The minimum Gasteiger partial charge on any atom is -0.497 e. The molecule has 0 aliphatic heterocycles. The number of amides is 1. The number of benzene rings is 2. The fourth-order valence-electron chi connectivity index (χ4n) is 3.11. The van der Waals surface area contributed by atoms with Crippen LogP contribution in [0.3, 0.4) is 0 Å². The third kappa shape index (κ3) is 4.68. The molecule has 0 N–H and O–H groups in total. The van der Waals surface area contributed by atoms with Crippen molar-refractivity contribution in [3.05, 3.63) is 47.5 Å². The van der Waals surface area contributed by atoms with Gasteiger partial charge in [-0.15, -0.1) is 0 Å². The maximum atomic E-state index is 12.9. The first kappa shape index (κ1) is 19.9. The summed E-state index contributed by atoms with van der Waals surface area (Å²) in [7, 11) is 4.84. The lowest BCUT2D eigenvalue weighted by molar-refractivity contribution is -0.134. The summed E-state index contributed by atoms with van der Waals surface area (Å²) in [5.74, 6) is 2.60. The maximum absolute atomic E-state index is 12.9. The summed E-state index contributed by atoms with van der Waals surface area (Å²) in [6, 6.07) is 11.5. The molecule has 0 saturated heterocycles. The molecule has 0 heterocycles. The van der Waals surface area contributed by atoms with Crippen molar-refractivity contribution in [2.45, 2.75) is 32.4 Å². The van der Waals surface area contributed by atoms with E-state index in [2.05, 4.69) is 0 Å². The lowest BCUT2D eigenvalue weighted by Gasteiger charge is -2.24. The Bertz CT molecular complexity index is 832. The largest absolute Gasteiger partial charge is 0.497 e. The monoisotopic (exact) mass is 385 g/mol. The van der Waals surface area contributed by atoms with E-state index < -0.39 is 0 Å². The van der Waals surface area contributed by atoms with Gasteiger partial charge in [0.1, 0.15) is 11.5 Å². The van der Waals surface area contributed by atoms with Crippen molar-refractivity contribution in [2.24, 2.45) is 0 Å². The second-order valence-electron chi connectivity index (χ2n) is 6.87. The van der Waals surface area contributed by atoms with E-state index in [9.17, 15) is 4.79 Å². The van der Waals surface area contributed by atoms with Gasteiger partial charge in [0.2, 0.25) is 0 Å². The molecule has 1 saturated carbocycles. The van der Waals surface area contributed by atoms with E-state index in [4.69, 9.17) is 18.9 Å². The topological polar surface area (TPSA) is 57.2 Å². The molecule has 0 bridgehead atoms. The van der Waals surface area contributed by atoms with Crippen LogP contribution in [0.2, 0.25) is 0 Å². The van der Waals surface area contributed by atoms with Crippen molar-refractivity contribution in [1.29, 1.82) is 0 Å². The van der Waals surface area contributed by atoms with Crippen molar-refractivity contribution in [2.75, 3.05) is 27.9 Å². The Balaban J connectivity index is 1.72. The van der Waals surface area contributed by atoms with Crippen molar-refractivity contribution in [1.82, 2.24) is 4.90 Å². The van der Waals surface area contributed by atoms with Crippen molar-refractivity contribution < 1.29 is 23.7 Å². The summed E-state index contributed by atoms with van der Waals surface area (Å²) < 4.78 is 21.9. The van der Waals surface area contributed by atoms with Crippen LogP contribution < -0.4 is 18.9 Å². The fraction of sp³-hybridized carbons (Fsp3) is 0.409. The molecule has 1 aliphatic rings. The molecule has 0 spiro atoms. The van der Waals surface area contributed by atoms with Gasteiger partial charge in [0.05, 0.1) is 21.3 Å². The quantitative estimate of drug-likeness (QED) is 0.660. The molecular weight excluding hydrogens is 358 g/mol. The number of ether oxygens (including phenoxy) is 4. The van der Waals surface area contributed by atoms with Crippen LogP contribution in [0.4, 0.5) is 0 Å². The van der Waals surface area contributed by atoms with Gasteiger partial charge in [-0.2, -0.15) is 0 Å². The van der Waals surface area contributed by atoms with E-state index in [1.807, 2.05) is 48.2 Å². The predicted molar refractivity (Wildman–Crippen MR) is 106 cm³/mol. The molecule has 1 aliphatic carbocycles. The van der Waals surface area contributed by atoms with Gasteiger partial charge >= 0.3 is 0 Å². The van der Waals surface area contributed by atoms with Gasteiger partial charge in [-0.25, -0.2) is 0 Å². The van der Waals surface area contributed by atoms with E-state index in [0.717, 1.165) is 35.5 Å². The summed E-state index contributed by atoms with van der Waals surface area (Å²) in [5.41, 5.74) is 1.98. The fourth-order valence-corrected chi connectivity index (χ4v) is 3.11. The minimum atomic E-state index is -0.0602. The highest BCUT2D eigenvalue weighted by molar-refractivity contribution is 5.78. The Hall–Kier alpha value is -2.89. The highest BCUT2D eigenvalue weighted by Crippen LogP contribution is 2.33. The van der Waals surface area contributed by atoms with Crippen LogP contribution in [0.5, 0.6) is 23.0 Å². The molecule has 2 aromatic carbocycles. The number of rotatable bonds is 9. The molecule has 0 unspecified atom stereocenters. The SMILES string of the molecule is COc1ccc(OC)c(CN(C(=O)COc2ccc(C)cc2OC)C2CC2)c1. The van der Waals surface area contributed by atoms with Crippen LogP contribution in [0, 0.1) is 6.92 Å². The van der Waals surface area contributed by atoms with Crippen LogP contribution in [0.1, 0.15) is 24.0 Å². The van der Waals surface area contributed by atoms with E-state index in [1.165, 1.54) is 0 Å². The predicted octanol–water partition coefficient (Wildman–Crippen LogP) is 3.59. The molecule has 1 amide bonds. The summed E-state index contributed by atoms with van der Waals surface area (Å²) in [5, 5.41) is 0. The molecule has 2 aromatic rings. The Morgan fingerprint density at radius 2 is 1.68 bits per heavy atom. The standard InChI is InChI=1S/C22H27NO5/c1-15-5-9-20(21(11-15)27-4)28-14-22(24)23(17-6-7-17)13-16-12-18(25-2)8-10-19(16)26-3/h5,8-12,17H,6-7,13-14H2,1-4H3. The second-order valence-corrected chi connectivity index (χ2v) is 6.87. The number of carbonyl (C=O) groups excluding carboxylic acids is 1. The average Bonchev–Trinajstić information content (AvgIpc) is 3.55. The molecule has 6 heteroatoms.